The summed E-state index contributed by atoms with van der Waals surface area (Å²) in [5, 5.41) is 23.2. The third-order valence-corrected chi connectivity index (χ3v) is 6.29. The Morgan fingerprint density at radius 1 is 1.25 bits per heavy atom. The predicted molar refractivity (Wildman–Crippen MR) is 111 cm³/mol. The van der Waals surface area contributed by atoms with Gasteiger partial charge < -0.3 is 10.4 Å². The van der Waals surface area contributed by atoms with Crippen LogP contribution in [0.25, 0.3) is 11.1 Å². The number of carboxylic acid groups (broad SMARTS) is 1. The fraction of sp³-hybridized carbons (Fsp3) is 0.250. The van der Waals surface area contributed by atoms with Gasteiger partial charge in [0.05, 0.1) is 17.4 Å². The van der Waals surface area contributed by atoms with Crippen LogP contribution < -0.4 is 5.32 Å². The van der Waals surface area contributed by atoms with Crippen LogP contribution in [0.15, 0.2) is 30.4 Å². The summed E-state index contributed by atoms with van der Waals surface area (Å²) in [7, 11) is 0. The van der Waals surface area contributed by atoms with Gasteiger partial charge in [0.2, 0.25) is 5.91 Å². The largest absolute Gasteiger partial charge is 0.481 e. The number of nitriles is 1. The zero-order valence-electron chi connectivity index (χ0n) is 14.8. The van der Waals surface area contributed by atoms with Crippen LogP contribution in [-0.2, 0) is 9.59 Å². The van der Waals surface area contributed by atoms with Gasteiger partial charge in [0, 0.05) is 26.0 Å². The Labute approximate surface area is 176 Å². The molecule has 0 saturated carbocycles. The smallest absolute Gasteiger partial charge is 0.307 e. The molecule has 2 atom stereocenters. The fourth-order valence-corrected chi connectivity index (χ4v) is 4.86. The number of hydrogen-bond acceptors (Lipinski definition) is 4. The monoisotopic (exact) mass is 434 g/mol. The predicted octanol–water partition coefficient (Wildman–Crippen LogP) is 5.51. The molecule has 0 bridgehead atoms. The Morgan fingerprint density at radius 2 is 1.93 bits per heavy atom. The number of carbonyl (C=O) groups is 2. The summed E-state index contributed by atoms with van der Waals surface area (Å²) in [5.41, 5.74) is 1.60. The van der Waals surface area contributed by atoms with E-state index in [2.05, 4.69) is 11.4 Å². The number of nitrogens with zero attached hydrogens (tertiary/aromatic N) is 1. The number of anilines is 1. The van der Waals surface area contributed by atoms with Gasteiger partial charge in [0.1, 0.15) is 11.1 Å². The molecule has 0 fully saturated rings. The molecule has 0 spiro atoms. The molecule has 1 aliphatic carbocycles. The van der Waals surface area contributed by atoms with Gasteiger partial charge in [-0.1, -0.05) is 41.4 Å². The van der Waals surface area contributed by atoms with Crippen molar-refractivity contribution in [3.05, 3.63) is 50.8 Å². The molecule has 0 aliphatic heterocycles. The van der Waals surface area contributed by atoms with Crippen molar-refractivity contribution in [2.75, 3.05) is 5.32 Å². The molecule has 1 aliphatic rings. The Hall–Kier alpha value is -2.33. The number of amides is 1. The molecule has 0 radical (unpaired) electrons. The SMILES string of the molecule is Cc1sc(NC(=O)[C@@H]2CC=CC[C@@H]2C(=O)O)c(C#N)c1-c1ccc(Cl)cc1Cl. The summed E-state index contributed by atoms with van der Waals surface area (Å²) in [4.78, 5) is 25.0. The zero-order valence-corrected chi connectivity index (χ0v) is 17.2. The van der Waals surface area contributed by atoms with Gasteiger partial charge in [0.15, 0.2) is 0 Å². The summed E-state index contributed by atoms with van der Waals surface area (Å²) >= 11 is 13.5. The number of nitrogens with one attached hydrogen (secondary N) is 1. The Balaban J connectivity index is 1.96. The molecule has 1 amide bonds. The first-order chi connectivity index (χ1) is 13.3. The number of aryl methyl sites for hydroxylation is 1. The van der Waals surface area contributed by atoms with Crippen molar-refractivity contribution in [1.29, 1.82) is 5.26 Å². The maximum atomic E-state index is 12.8. The van der Waals surface area contributed by atoms with Crippen LogP contribution in [0.3, 0.4) is 0 Å². The van der Waals surface area contributed by atoms with Crippen LogP contribution in [0.1, 0.15) is 23.3 Å². The van der Waals surface area contributed by atoms with E-state index in [1.165, 1.54) is 11.3 Å². The van der Waals surface area contributed by atoms with Crippen molar-refractivity contribution in [3.8, 4) is 17.2 Å². The summed E-state index contributed by atoms with van der Waals surface area (Å²) in [6.07, 6.45) is 4.26. The van der Waals surface area contributed by atoms with E-state index in [1.807, 2.05) is 13.0 Å². The van der Waals surface area contributed by atoms with Crippen molar-refractivity contribution in [3.63, 3.8) is 0 Å². The summed E-state index contributed by atoms with van der Waals surface area (Å²) in [6.45, 7) is 1.84. The molecule has 0 unspecified atom stereocenters. The highest BCUT2D eigenvalue weighted by molar-refractivity contribution is 7.17. The number of thiophene rings is 1. The second-order valence-electron chi connectivity index (χ2n) is 6.46. The van der Waals surface area contributed by atoms with Gasteiger partial charge in [-0.3, -0.25) is 9.59 Å². The Kier molecular flexibility index (Phi) is 6.09. The van der Waals surface area contributed by atoms with Crippen LogP contribution in [0, 0.1) is 30.1 Å². The van der Waals surface area contributed by atoms with Crippen molar-refractivity contribution in [1.82, 2.24) is 0 Å². The maximum Gasteiger partial charge on any atom is 0.307 e. The van der Waals surface area contributed by atoms with E-state index >= 15 is 0 Å². The highest BCUT2D eigenvalue weighted by Gasteiger charge is 2.34. The van der Waals surface area contributed by atoms with Crippen LogP contribution in [0.4, 0.5) is 5.00 Å². The molecule has 5 nitrogen and oxygen atoms in total. The number of allylic oxidation sites excluding steroid dienone is 2. The average Bonchev–Trinajstić information content (AvgIpc) is 2.96. The average molecular weight is 435 g/mol. The minimum atomic E-state index is -0.999. The van der Waals surface area contributed by atoms with Gasteiger partial charge in [-0.15, -0.1) is 11.3 Å². The number of benzene rings is 1. The number of rotatable bonds is 4. The van der Waals surface area contributed by atoms with Crippen molar-refractivity contribution in [2.45, 2.75) is 19.8 Å². The van der Waals surface area contributed by atoms with E-state index in [4.69, 9.17) is 23.2 Å². The van der Waals surface area contributed by atoms with E-state index in [9.17, 15) is 20.0 Å². The van der Waals surface area contributed by atoms with Gasteiger partial charge in [-0.2, -0.15) is 5.26 Å². The molecular weight excluding hydrogens is 419 g/mol. The normalized spacial score (nSPS) is 18.5. The minimum Gasteiger partial charge on any atom is -0.481 e. The summed E-state index contributed by atoms with van der Waals surface area (Å²) in [6, 6.07) is 7.16. The second-order valence-corrected chi connectivity index (χ2v) is 8.53. The van der Waals surface area contributed by atoms with Crippen molar-refractivity contribution < 1.29 is 14.7 Å². The van der Waals surface area contributed by atoms with E-state index in [1.54, 1.807) is 24.3 Å². The van der Waals surface area contributed by atoms with Crippen LogP contribution in [0.5, 0.6) is 0 Å². The molecule has 28 heavy (non-hydrogen) atoms. The lowest BCUT2D eigenvalue weighted by atomic mass is 9.82. The Morgan fingerprint density at radius 3 is 2.54 bits per heavy atom. The minimum absolute atomic E-state index is 0.304. The molecule has 2 N–H and O–H groups in total. The van der Waals surface area contributed by atoms with E-state index < -0.39 is 23.7 Å². The highest BCUT2D eigenvalue weighted by Crippen LogP contribution is 2.43. The third-order valence-electron chi connectivity index (χ3n) is 4.72. The summed E-state index contributed by atoms with van der Waals surface area (Å²) < 4.78 is 0. The first-order valence-electron chi connectivity index (χ1n) is 8.51. The Bertz CT molecular complexity index is 1020. The number of halogens is 2. The fourth-order valence-electron chi connectivity index (χ4n) is 3.34. The van der Waals surface area contributed by atoms with Gasteiger partial charge in [0.25, 0.3) is 0 Å². The van der Waals surface area contributed by atoms with E-state index in [0.29, 0.717) is 44.6 Å². The van der Waals surface area contributed by atoms with E-state index in [-0.39, 0.29) is 0 Å². The van der Waals surface area contributed by atoms with Crippen LogP contribution in [-0.4, -0.2) is 17.0 Å². The van der Waals surface area contributed by atoms with Gasteiger partial charge in [-0.25, -0.2) is 0 Å². The highest BCUT2D eigenvalue weighted by atomic mass is 35.5. The topological polar surface area (TPSA) is 90.2 Å². The molecule has 8 heteroatoms. The maximum absolute atomic E-state index is 12.8. The van der Waals surface area contributed by atoms with Crippen molar-refractivity contribution >= 4 is 51.4 Å². The lowest BCUT2D eigenvalue weighted by Gasteiger charge is -2.23. The molecule has 2 aromatic rings. The number of carbonyl (C=O) groups excluding carboxylic acids is 1. The molecule has 3 rings (SSSR count). The lowest BCUT2D eigenvalue weighted by Crippen LogP contribution is -2.34. The number of hydrogen-bond donors (Lipinski definition) is 2. The van der Waals surface area contributed by atoms with Gasteiger partial charge in [-0.05, 0) is 31.9 Å². The standard InChI is InChI=1S/C20H16Cl2N2O3S/c1-10-17(14-7-6-11(21)8-16(14)22)15(9-23)19(28-10)24-18(25)12-4-2-3-5-13(12)20(26)27/h2-3,6-8,12-13H,4-5H2,1H3,(H,24,25)(H,26,27)/t12-,13+/m1/s1. The van der Waals surface area contributed by atoms with Crippen molar-refractivity contribution in [2.24, 2.45) is 11.8 Å². The molecule has 0 saturated heterocycles. The summed E-state index contributed by atoms with van der Waals surface area (Å²) in [5.74, 6) is -2.86. The third kappa shape index (κ3) is 3.93. The quantitative estimate of drug-likeness (QED) is 0.620. The zero-order chi connectivity index (χ0) is 20.4. The number of carboxylic acids is 1. The molecule has 1 aromatic carbocycles. The number of aliphatic carboxylic acids is 1. The second kappa shape index (κ2) is 8.36. The van der Waals surface area contributed by atoms with Crippen LogP contribution in [0.2, 0.25) is 10.0 Å². The lowest BCUT2D eigenvalue weighted by molar-refractivity contribution is -0.146. The first-order valence-corrected chi connectivity index (χ1v) is 10.1. The molecule has 1 aromatic heterocycles. The van der Waals surface area contributed by atoms with E-state index in [0.717, 1.165) is 4.88 Å². The molecule has 1 heterocycles. The van der Waals surface area contributed by atoms with Crippen LogP contribution >= 0.6 is 34.5 Å². The van der Waals surface area contributed by atoms with Gasteiger partial charge >= 0.3 is 5.97 Å². The molecular formula is C20H16Cl2N2O3S. The molecule has 144 valence electrons. The first kappa shape index (κ1) is 20.4.